The summed E-state index contributed by atoms with van der Waals surface area (Å²) in [5.41, 5.74) is 3.00. The molecule has 0 unspecified atom stereocenters. The number of benzene rings is 2. The number of piperidine rings is 1. The Hall–Kier alpha value is -1.88. The lowest BCUT2D eigenvalue weighted by atomic mass is 9.89. The first kappa shape index (κ1) is 18.5. The fourth-order valence-corrected chi connectivity index (χ4v) is 4.25. The molecule has 6 heteroatoms. The van der Waals surface area contributed by atoms with Crippen LogP contribution in [-0.2, 0) is 0 Å². The first-order valence-corrected chi connectivity index (χ1v) is 9.48. The van der Waals surface area contributed by atoms with Crippen LogP contribution in [0, 0.1) is 0 Å². The second kappa shape index (κ2) is 7.63. The van der Waals surface area contributed by atoms with E-state index in [0.29, 0.717) is 17.5 Å². The highest BCUT2D eigenvalue weighted by Gasteiger charge is 2.29. The van der Waals surface area contributed by atoms with Gasteiger partial charge in [0.25, 0.3) is 0 Å². The van der Waals surface area contributed by atoms with E-state index in [1.165, 1.54) is 5.56 Å². The number of hydrogen-bond donors (Lipinski definition) is 1. The minimum Gasteiger partial charge on any atom is -0.485 e. The minimum atomic E-state index is -0.211. The first-order valence-electron chi connectivity index (χ1n) is 9.10. The van der Waals surface area contributed by atoms with Crippen LogP contribution in [0.1, 0.15) is 36.0 Å². The number of nitrogens with one attached hydrogen (secondary N) is 1. The van der Waals surface area contributed by atoms with E-state index in [1.54, 1.807) is 6.26 Å². The topological polar surface area (TPSA) is 43.6 Å². The van der Waals surface area contributed by atoms with E-state index in [1.807, 2.05) is 24.3 Å². The third-order valence-corrected chi connectivity index (χ3v) is 5.71. The summed E-state index contributed by atoms with van der Waals surface area (Å²) in [4.78, 5) is 0. The van der Waals surface area contributed by atoms with Crippen LogP contribution in [-0.4, -0.2) is 19.7 Å². The highest BCUT2D eigenvalue weighted by Crippen LogP contribution is 2.44. The quantitative estimate of drug-likeness (QED) is 0.612. The molecule has 142 valence electrons. The molecule has 0 saturated carbocycles. The van der Waals surface area contributed by atoms with Gasteiger partial charge in [-0.2, -0.15) is 0 Å². The van der Waals surface area contributed by atoms with Crippen LogP contribution in [0.25, 0.3) is 11.0 Å². The summed E-state index contributed by atoms with van der Waals surface area (Å²) in [6.45, 7) is 2.57. The molecule has 1 aromatic heterocycles. The molecule has 27 heavy (non-hydrogen) atoms. The van der Waals surface area contributed by atoms with Gasteiger partial charge in [0.2, 0.25) is 0 Å². The predicted molar refractivity (Wildman–Crippen MR) is 109 cm³/mol. The van der Waals surface area contributed by atoms with Crippen LogP contribution in [0.2, 0.25) is 5.02 Å². The molecule has 3 aromatic rings. The lowest BCUT2D eigenvalue weighted by Gasteiger charge is -2.31. The van der Waals surface area contributed by atoms with Crippen LogP contribution >= 0.6 is 24.0 Å². The molecule has 2 aliphatic heterocycles. The summed E-state index contributed by atoms with van der Waals surface area (Å²) >= 11 is 6.26. The van der Waals surface area contributed by atoms with Gasteiger partial charge in [-0.25, -0.2) is 0 Å². The van der Waals surface area contributed by atoms with Crippen LogP contribution in [0.5, 0.6) is 11.5 Å². The molecule has 3 heterocycles. The Morgan fingerprint density at radius 1 is 1.00 bits per heavy atom. The number of rotatable bonds is 2. The molecule has 1 saturated heterocycles. The Morgan fingerprint density at radius 2 is 1.85 bits per heavy atom. The molecule has 1 fully saturated rings. The largest absolute Gasteiger partial charge is 0.485 e. The Balaban J connectivity index is 0.00000180. The van der Waals surface area contributed by atoms with Crippen LogP contribution in [0.15, 0.2) is 47.1 Å². The van der Waals surface area contributed by atoms with E-state index in [-0.39, 0.29) is 18.5 Å². The van der Waals surface area contributed by atoms with Gasteiger partial charge in [0.05, 0.1) is 11.3 Å². The van der Waals surface area contributed by atoms with Crippen LogP contribution in [0.4, 0.5) is 0 Å². The molecule has 5 rings (SSSR count). The average Bonchev–Trinajstić information content (AvgIpc) is 3.19. The van der Waals surface area contributed by atoms with Crippen molar-refractivity contribution >= 4 is 35.0 Å². The fraction of sp³-hybridized carbons (Fsp3) is 0.333. The van der Waals surface area contributed by atoms with Gasteiger partial charge >= 0.3 is 0 Å². The maximum Gasteiger partial charge on any atom is 0.164 e. The van der Waals surface area contributed by atoms with Gasteiger partial charge in [-0.1, -0.05) is 23.7 Å². The SMILES string of the molecule is Cl.Clc1ccc([C@@H]2COc3c(cccc3C3CCNCC3)O2)c2occc12. The van der Waals surface area contributed by atoms with Gasteiger partial charge in [0.15, 0.2) is 17.6 Å². The van der Waals surface area contributed by atoms with Crippen molar-refractivity contribution < 1.29 is 13.9 Å². The van der Waals surface area contributed by atoms with Gasteiger partial charge < -0.3 is 19.2 Å². The summed E-state index contributed by atoms with van der Waals surface area (Å²) in [5, 5.41) is 5.01. The molecule has 0 amide bonds. The Labute approximate surface area is 169 Å². The van der Waals surface area contributed by atoms with Crippen molar-refractivity contribution in [3.05, 3.63) is 58.8 Å². The Bertz CT molecular complexity index is 950. The van der Waals surface area contributed by atoms with E-state index in [2.05, 4.69) is 17.4 Å². The number of hydrogen-bond acceptors (Lipinski definition) is 4. The zero-order valence-electron chi connectivity index (χ0n) is 14.7. The minimum absolute atomic E-state index is 0. The number of fused-ring (bicyclic) bond motifs is 2. The summed E-state index contributed by atoms with van der Waals surface area (Å²) in [6, 6.07) is 12.0. The van der Waals surface area contributed by atoms with Gasteiger partial charge in [-0.15, -0.1) is 12.4 Å². The van der Waals surface area contributed by atoms with Crippen molar-refractivity contribution in [3.8, 4) is 11.5 Å². The lowest BCUT2D eigenvalue weighted by molar-refractivity contribution is 0.0898. The smallest absolute Gasteiger partial charge is 0.164 e. The third kappa shape index (κ3) is 3.27. The monoisotopic (exact) mass is 405 g/mol. The maximum absolute atomic E-state index is 6.32. The highest BCUT2D eigenvalue weighted by atomic mass is 35.5. The molecule has 2 aromatic carbocycles. The van der Waals surface area contributed by atoms with E-state index in [9.17, 15) is 0 Å². The molecule has 4 nitrogen and oxygen atoms in total. The number of furan rings is 1. The Kier molecular flexibility index (Phi) is 5.22. The third-order valence-electron chi connectivity index (χ3n) is 5.38. The van der Waals surface area contributed by atoms with Crippen molar-refractivity contribution in [3.63, 3.8) is 0 Å². The van der Waals surface area contributed by atoms with Gasteiger partial charge in [0.1, 0.15) is 12.2 Å². The number of halogens is 2. The van der Waals surface area contributed by atoms with Crippen LogP contribution < -0.4 is 14.8 Å². The molecule has 1 N–H and O–H groups in total. The van der Waals surface area contributed by atoms with Crippen molar-refractivity contribution in [1.29, 1.82) is 0 Å². The number of para-hydroxylation sites is 1. The molecule has 0 radical (unpaired) electrons. The maximum atomic E-state index is 6.32. The van der Waals surface area contributed by atoms with Crippen molar-refractivity contribution in [2.24, 2.45) is 0 Å². The van der Waals surface area contributed by atoms with E-state index < -0.39 is 0 Å². The zero-order chi connectivity index (χ0) is 17.5. The van der Waals surface area contributed by atoms with Gasteiger partial charge in [-0.3, -0.25) is 0 Å². The van der Waals surface area contributed by atoms with E-state index in [4.69, 9.17) is 25.5 Å². The molecule has 0 bridgehead atoms. The lowest BCUT2D eigenvalue weighted by Crippen LogP contribution is -2.28. The first-order chi connectivity index (χ1) is 12.8. The van der Waals surface area contributed by atoms with E-state index >= 15 is 0 Å². The van der Waals surface area contributed by atoms with Crippen molar-refractivity contribution in [1.82, 2.24) is 5.32 Å². The molecule has 0 aliphatic carbocycles. The molecular formula is C21H21Cl2NO3. The molecule has 2 aliphatic rings. The second-order valence-electron chi connectivity index (χ2n) is 6.92. The predicted octanol–water partition coefficient (Wildman–Crippen LogP) is 5.49. The summed E-state index contributed by atoms with van der Waals surface area (Å²) in [5.74, 6) is 2.24. The van der Waals surface area contributed by atoms with E-state index in [0.717, 1.165) is 54.0 Å². The van der Waals surface area contributed by atoms with Crippen molar-refractivity contribution in [2.45, 2.75) is 24.9 Å². The highest BCUT2D eigenvalue weighted by molar-refractivity contribution is 6.35. The summed E-state index contributed by atoms with van der Waals surface area (Å²) in [7, 11) is 0. The molecule has 0 spiro atoms. The van der Waals surface area contributed by atoms with Crippen molar-refractivity contribution in [2.75, 3.05) is 19.7 Å². The van der Waals surface area contributed by atoms with Gasteiger partial charge in [0, 0.05) is 16.5 Å². The normalized spacial score (nSPS) is 19.7. The number of ether oxygens (including phenoxy) is 2. The fourth-order valence-electron chi connectivity index (χ4n) is 4.04. The second-order valence-corrected chi connectivity index (χ2v) is 7.32. The summed E-state index contributed by atoms with van der Waals surface area (Å²) in [6.07, 6.45) is 3.71. The summed E-state index contributed by atoms with van der Waals surface area (Å²) < 4.78 is 18.2. The van der Waals surface area contributed by atoms with Crippen LogP contribution in [0.3, 0.4) is 0 Å². The zero-order valence-corrected chi connectivity index (χ0v) is 16.3. The molecular weight excluding hydrogens is 385 g/mol. The molecule has 1 atom stereocenters. The average molecular weight is 406 g/mol. The standard InChI is InChI=1S/C21H20ClNO3.ClH/c22-17-5-4-16(20-15(17)8-11-24-20)19-12-25-21-14(2-1-3-18(21)26-19)13-6-9-23-10-7-13;/h1-5,8,11,13,19,23H,6-7,9-10,12H2;1H/t19-;/m0./s1. The Morgan fingerprint density at radius 3 is 2.70 bits per heavy atom. The van der Waals surface area contributed by atoms with Gasteiger partial charge in [-0.05, 0) is 56.1 Å².